The maximum absolute atomic E-state index is 13.5. The lowest BCUT2D eigenvalue weighted by Crippen LogP contribution is -3.13. The highest BCUT2D eigenvalue weighted by atomic mass is 16.5. The van der Waals surface area contributed by atoms with Gasteiger partial charge in [0.25, 0.3) is 5.91 Å². The highest BCUT2D eigenvalue weighted by Crippen LogP contribution is 2.26. The molecule has 4 heteroatoms. The van der Waals surface area contributed by atoms with Crippen LogP contribution in [0.3, 0.4) is 0 Å². The number of rotatable bonds is 5. The number of carbonyl (C=O) groups is 1. The van der Waals surface area contributed by atoms with Crippen LogP contribution in [0.4, 0.5) is 5.69 Å². The number of aryl methyl sites for hydroxylation is 1. The lowest BCUT2D eigenvalue weighted by molar-refractivity contribution is -0.937. The Morgan fingerprint density at radius 2 is 1.72 bits per heavy atom. The van der Waals surface area contributed by atoms with E-state index in [1.54, 1.807) is 7.11 Å². The summed E-state index contributed by atoms with van der Waals surface area (Å²) in [7, 11) is 1.63. The summed E-state index contributed by atoms with van der Waals surface area (Å²) in [4.78, 5) is 14.8. The van der Waals surface area contributed by atoms with E-state index in [1.165, 1.54) is 16.0 Å². The highest BCUT2D eigenvalue weighted by Gasteiger charge is 2.34. The van der Waals surface area contributed by atoms with Crippen molar-refractivity contribution in [2.45, 2.75) is 25.9 Å². The minimum atomic E-state index is -0.283. The van der Waals surface area contributed by atoms with E-state index in [0.29, 0.717) is 5.75 Å². The van der Waals surface area contributed by atoms with E-state index in [4.69, 9.17) is 4.74 Å². The lowest BCUT2D eigenvalue weighted by atomic mass is 9.96. The van der Waals surface area contributed by atoms with E-state index >= 15 is 0 Å². The van der Waals surface area contributed by atoms with Crippen LogP contribution >= 0.6 is 0 Å². The number of quaternary nitrogens is 1. The number of anilines is 1. The molecular formula is C25H27N2O2+. The van der Waals surface area contributed by atoms with Crippen LogP contribution in [0, 0.1) is 6.92 Å². The Kier molecular flexibility index (Phi) is 5.63. The second-order valence-corrected chi connectivity index (χ2v) is 7.64. The molecule has 1 amide bonds. The summed E-state index contributed by atoms with van der Waals surface area (Å²) in [6.45, 7) is 3.78. The van der Waals surface area contributed by atoms with Gasteiger partial charge < -0.3 is 15.0 Å². The normalized spacial score (nSPS) is 16.6. The zero-order valence-corrected chi connectivity index (χ0v) is 16.9. The average molecular weight is 388 g/mol. The van der Waals surface area contributed by atoms with Gasteiger partial charge in [-0.2, -0.15) is 0 Å². The molecule has 0 saturated carbocycles. The first kappa shape index (κ1) is 19.2. The first-order valence-corrected chi connectivity index (χ1v) is 10.1. The van der Waals surface area contributed by atoms with E-state index in [-0.39, 0.29) is 11.9 Å². The number of carbonyl (C=O) groups excluding carboxylic acids is 1. The van der Waals surface area contributed by atoms with Gasteiger partial charge in [0.1, 0.15) is 12.3 Å². The smallest absolute Gasteiger partial charge is 0.287 e. The average Bonchev–Trinajstić information content (AvgIpc) is 2.75. The van der Waals surface area contributed by atoms with Crippen molar-refractivity contribution in [3.63, 3.8) is 0 Å². The molecular weight excluding hydrogens is 360 g/mol. The van der Waals surface area contributed by atoms with Crippen molar-refractivity contribution in [1.29, 1.82) is 0 Å². The van der Waals surface area contributed by atoms with Crippen molar-refractivity contribution in [2.75, 3.05) is 19.0 Å². The van der Waals surface area contributed by atoms with Crippen LogP contribution < -0.4 is 15.0 Å². The third-order valence-corrected chi connectivity index (χ3v) is 5.67. The third-order valence-electron chi connectivity index (χ3n) is 5.67. The molecule has 0 spiro atoms. The largest absolute Gasteiger partial charge is 0.495 e. The summed E-state index contributed by atoms with van der Waals surface area (Å²) < 4.78 is 5.46. The highest BCUT2D eigenvalue weighted by molar-refractivity contribution is 5.96. The van der Waals surface area contributed by atoms with Gasteiger partial charge in [-0.05, 0) is 30.2 Å². The fourth-order valence-corrected chi connectivity index (χ4v) is 4.19. The molecule has 0 saturated heterocycles. The Bertz CT molecular complexity index is 1000. The Labute approximate surface area is 172 Å². The SMILES string of the molecule is COc1ccc(C)cc1NC(=O)[C@H](c1ccccc1)[NH+]1CCc2ccccc2C1. The van der Waals surface area contributed by atoms with Gasteiger partial charge in [0.05, 0.1) is 19.3 Å². The van der Waals surface area contributed by atoms with Crippen LogP contribution in [0.5, 0.6) is 5.75 Å². The zero-order valence-electron chi connectivity index (χ0n) is 16.9. The molecule has 0 fully saturated rings. The molecule has 3 aromatic rings. The number of hydrogen-bond acceptors (Lipinski definition) is 2. The number of hydrogen-bond donors (Lipinski definition) is 2. The van der Waals surface area contributed by atoms with Gasteiger partial charge in [-0.1, -0.05) is 60.7 Å². The first-order chi connectivity index (χ1) is 14.2. The van der Waals surface area contributed by atoms with Crippen molar-refractivity contribution in [3.8, 4) is 5.75 Å². The molecule has 1 heterocycles. The summed E-state index contributed by atoms with van der Waals surface area (Å²) >= 11 is 0. The number of amides is 1. The molecule has 1 aliphatic rings. The fourth-order valence-electron chi connectivity index (χ4n) is 4.19. The minimum absolute atomic E-state index is 0.00511. The van der Waals surface area contributed by atoms with Gasteiger partial charge in [-0.15, -0.1) is 0 Å². The number of ether oxygens (including phenoxy) is 1. The lowest BCUT2D eigenvalue weighted by Gasteiger charge is -2.32. The summed E-state index contributed by atoms with van der Waals surface area (Å²) in [5.41, 5.74) is 5.55. The molecule has 29 heavy (non-hydrogen) atoms. The Morgan fingerprint density at radius 3 is 2.48 bits per heavy atom. The number of methoxy groups -OCH3 is 1. The molecule has 2 N–H and O–H groups in total. The van der Waals surface area contributed by atoms with Gasteiger partial charge in [0, 0.05) is 17.5 Å². The van der Waals surface area contributed by atoms with Gasteiger partial charge in [0.15, 0.2) is 6.04 Å². The van der Waals surface area contributed by atoms with Crippen LogP contribution in [0.1, 0.15) is 28.3 Å². The number of nitrogens with one attached hydrogen (secondary N) is 2. The van der Waals surface area contributed by atoms with E-state index in [9.17, 15) is 4.79 Å². The first-order valence-electron chi connectivity index (χ1n) is 10.1. The van der Waals surface area contributed by atoms with Crippen LogP contribution in [0.15, 0.2) is 72.8 Å². The standard InChI is InChI=1S/C25H26N2O2/c1-18-12-13-23(29-2)22(16-18)26-25(28)24(20-9-4-3-5-10-20)27-15-14-19-8-6-7-11-21(19)17-27/h3-13,16,24H,14-15,17H2,1-2H3,(H,26,28)/p+1/t24-/m0/s1. The predicted molar refractivity (Wildman–Crippen MR) is 115 cm³/mol. The summed E-state index contributed by atoms with van der Waals surface area (Å²) in [6.07, 6.45) is 0.982. The van der Waals surface area contributed by atoms with Crippen LogP contribution in [-0.2, 0) is 17.8 Å². The molecule has 0 radical (unpaired) electrons. The quantitative estimate of drug-likeness (QED) is 0.705. The van der Waals surface area contributed by atoms with Gasteiger partial charge in [-0.3, -0.25) is 4.79 Å². The van der Waals surface area contributed by atoms with Crippen LogP contribution in [-0.4, -0.2) is 19.6 Å². The number of fused-ring (bicyclic) bond motifs is 1. The fraction of sp³-hybridized carbons (Fsp3) is 0.240. The van der Waals surface area contributed by atoms with Gasteiger partial charge >= 0.3 is 0 Å². The molecule has 2 atom stereocenters. The second-order valence-electron chi connectivity index (χ2n) is 7.64. The maximum Gasteiger partial charge on any atom is 0.287 e. The van der Waals surface area contributed by atoms with E-state index in [0.717, 1.165) is 36.3 Å². The Balaban J connectivity index is 1.65. The molecule has 3 aromatic carbocycles. The monoisotopic (exact) mass is 387 g/mol. The predicted octanol–water partition coefficient (Wildman–Crippen LogP) is 3.32. The molecule has 0 aliphatic carbocycles. The van der Waals surface area contributed by atoms with E-state index in [2.05, 4.69) is 29.6 Å². The van der Waals surface area contributed by atoms with Crippen molar-refractivity contribution in [3.05, 3.63) is 95.1 Å². The topological polar surface area (TPSA) is 42.8 Å². The Morgan fingerprint density at radius 1 is 1.00 bits per heavy atom. The van der Waals surface area contributed by atoms with Gasteiger partial charge in [-0.25, -0.2) is 0 Å². The van der Waals surface area contributed by atoms with E-state index in [1.807, 2.05) is 55.5 Å². The molecule has 1 aliphatic heterocycles. The van der Waals surface area contributed by atoms with Crippen LogP contribution in [0.25, 0.3) is 0 Å². The minimum Gasteiger partial charge on any atom is -0.495 e. The molecule has 4 nitrogen and oxygen atoms in total. The van der Waals surface area contributed by atoms with Crippen molar-refractivity contribution in [2.24, 2.45) is 0 Å². The molecule has 0 aromatic heterocycles. The summed E-state index contributed by atoms with van der Waals surface area (Å²) in [5.74, 6) is 0.671. The van der Waals surface area contributed by atoms with Crippen LogP contribution in [0.2, 0.25) is 0 Å². The summed E-state index contributed by atoms with van der Waals surface area (Å²) in [5, 5.41) is 3.14. The van der Waals surface area contributed by atoms with Crippen molar-refractivity contribution in [1.82, 2.24) is 0 Å². The molecule has 1 unspecified atom stereocenters. The zero-order chi connectivity index (χ0) is 20.2. The number of benzene rings is 3. The van der Waals surface area contributed by atoms with Crippen molar-refractivity contribution >= 4 is 11.6 Å². The molecule has 4 rings (SSSR count). The second kappa shape index (κ2) is 8.50. The third kappa shape index (κ3) is 4.17. The summed E-state index contributed by atoms with van der Waals surface area (Å²) in [6, 6.07) is 24.2. The Hall–Kier alpha value is -3.11. The van der Waals surface area contributed by atoms with Crippen molar-refractivity contribution < 1.29 is 14.4 Å². The maximum atomic E-state index is 13.5. The molecule has 0 bridgehead atoms. The molecule has 148 valence electrons. The van der Waals surface area contributed by atoms with Gasteiger partial charge in [0.2, 0.25) is 0 Å². The van der Waals surface area contributed by atoms with E-state index < -0.39 is 0 Å².